The third-order valence-corrected chi connectivity index (χ3v) is 5.12. The maximum Gasteiger partial charge on any atom is 0.409 e. The Hall–Kier alpha value is -2.82. The van der Waals surface area contributed by atoms with E-state index in [9.17, 15) is 9.59 Å². The normalized spacial score (nSPS) is 14.8. The molecule has 0 aliphatic carbocycles. The van der Waals surface area contributed by atoms with Gasteiger partial charge in [0.25, 0.3) is 0 Å². The Labute approximate surface area is 173 Å². The van der Waals surface area contributed by atoms with Gasteiger partial charge in [0.1, 0.15) is 0 Å². The average molecular weight is 395 g/mol. The molecular formula is C24H30N2O3. The van der Waals surface area contributed by atoms with Crippen LogP contribution in [0, 0.1) is 5.92 Å². The molecule has 2 amide bonds. The number of rotatable bonds is 5. The lowest BCUT2D eigenvalue weighted by molar-refractivity contribution is -0.131. The first-order valence-corrected chi connectivity index (χ1v) is 10.4. The zero-order valence-corrected chi connectivity index (χ0v) is 17.3. The van der Waals surface area contributed by atoms with Crippen LogP contribution in [0.4, 0.5) is 4.79 Å². The molecule has 0 bridgehead atoms. The average Bonchev–Trinajstić information content (AvgIpc) is 3.00. The minimum Gasteiger partial charge on any atom is -0.449 e. The van der Waals surface area contributed by atoms with Gasteiger partial charge >= 0.3 is 6.09 Å². The van der Waals surface area contributed by atoms with Crippen LogP contribution in [0.2, 0.25) is 0 Å². The molecule has 1 fully saturated rings. The van der Waals surface area contributed by atoms with Crippen molar-refractivity contribution in [2.24, 2.45) is 5.92 Å². The highest BCUT2D eigenvalue weighted by Gasteiger charge is 2.29. The first-order valence-electron chi connectivity index (χ1n) is 10.4. The fourth-order valence-corrected chi connectivity index (χ4v) is 3.60. The van der Waals surface area contributed by atoms with Crippen molar-refractivity contribution >= 4 is 12.0 Å². The molecule has 3 rings (SSSR count). The smallest absolute Gasteiger partial charge is 0.409 e. The predicted octanol–water partition coefficient (Wildman–Crippen LogP) is 4.15. The fourth-order valence-electron chi connectivity index (χ4n) is 3.60. The molecule has 1 heterocycles. The predicted molar refractivity (Wildman–Crippen MR) is 114 cm³/mol. The summed E-state index contributed by atoms with van der Waals surface area (Å²) in [5, 5.41) is 0. The van der Waals surface area contributed by atoms with Gasteiger partial charge in [0.15, 0.2) is 0 Å². The van der Waals surface area contributed by atoms with Crippen molar-refractivity contribution in [3.8, 4) is 0 Å². The van der Waals surface area contributed by atoms with Crippen LogP contribution in [0.25, 0.3) is 0 Å². The van der Waals surface area contributed by atoms with E-state index in [1.165, 1.54) is 0 Å². The summed E-state index contributed by atoms with van der Waals surface area (Å²) < 4.78 is 5.36. The van der Waals surface area contributed by atoms with Gasteiger partial charge in [-0.1, -0.05) is 74.5 Å². The molecule has 5 nitrogen and oxygen atoms in total. The molecule has 2 aromatic rings. The summed E-state index contributed by atoms with van der Waals surface area (Å²) in [6.45, 7) is 6.73. The van der Waals surface area contributed by atoms with E-state index in [4.69, 9.17) is 4.74 Å². The number of ether oxygens (including phenoxy) is 1. The van der Waals surface area contributed by atoms with E-state index < -0.39 is 0 Å². The summed E-state index contributed by atoms with van der Waals surface area (Å²) in [6.07, 6.45) is 0.467. The second-order valence-corrected chi connectivity index (χ2v) is 7.89. The lowest BCUT2D eigenvalue weighted by atomic mass is 9.90. The summed E-state index contributed by atoms with van der Waals surface area (Å²) in [5.41, 5.74) is 1.97. The summed E-state index contributed by atoms with van der Waals surface area (Å²) in [6, 6.07) is 19.8. The van der Waals surface area contributed by atoms with Crippen LogP contribution in [0.15, 0.2) is 60.7 Å². The van der Waals surface area contributed by atoms with Crippen molar-refractivity contribution in [1.29, 1.82) is 0 Å². The van der Waals surface area contributed by atoms with Crippen LogP contribution < -0.4 is 0 Å². The molecular weight excluding hydrogens is 364 g/mol. The van der Waals surface area contributed by atoms with Crippen molar-refractivity contribution in [2.75, 3.05) is 32.8 Å². The molecule has 5 heteroatoms. The van der Waals surface area contributed by atoms with E-state index in [1.54, 1.807) is 4.90 Å². The molecule has 154 valence electrons. The number of hydrogen-bond donors (Lipinski definition) is 0. The zero-order chi connectivity index (χ0) is 20.6. The van der Waals surface area contributed by atoms with Gasteiger partial charge in [-0.3, -0.25) is 4.79 Å². The van der Waals surface area contributed by atoms with Crippen LogP contribution in [-0.4, -0.2) is 54.6 Å². The van der Waals surface area contributed by atoms with Crippen molar-refractivity contribution in [2.45, 2.75) is 26.2 Å². The van der Waals surface area contributed by atoms with E-state index in [2.05, 4.69) is 0 Å². The molecule has 0 spiro atoms. The molecule has 0 saturated carbocycles. The number of amides is 2. The first-order chi connectivity index (χ1) is 14.1. The monoisotopic (exact) mass is 394 g/mol. The Morgan fingerprint density at radius 1 is 0.828 bits per heavy atom. The molecule has 0 unspecified atom stereocenters. The van der Waals surface area contributed by atoms with Gasteiger partial charge in [0.2, 0.25) is 5.91 Å². The van der Waals surface area contributed by atoms with Crippen LogP contribution in [0.3, 0.4) is 0 Å². The van der Waals surface area contributed by atoms with Gasteiger partial charge in [0.05, 0.1) is 12.5 Å². The van der Waals surface area contributed by atoms with Crippen LogP contribution in [0.5, 0.6) is 0 Å². The minimum absolute atomic E-state index is 0.0831. The summed E-state index contributed by atoms with van der Waals surface area (Å²) in [5.74, 6) is 0.0538. The Balaban J connectivity index is 1.73. The second kappa shape index (κ2) is 10.1. The Bertz CT molecular complexity index is 753. The maximum atomic E-state index is 13.5. The number of carbonyl (C=O) groups is 2. The van der Waals surface area contributed by atoms with Crippen molar-refractivity contribution in [3.05, 3.63) is 71.8 Å². The second-order valence-electron chi connectivity index (χ2n) is 7.89. The van der Waals surface area contributed by atoms with Gasteiger partial charge in [0, 0.05) is 26.2 Å². The van der Waals surface area contributed by atoms with Gasteiger partial charge in [-0.25, -0.2) is 4.79 Å². The molecule has 0 N–H and O–H groups in total. The van der Waals surface area contributed by atoms with Crippen LogP contribution in [-0.2, 0) is 9.53 Å². The van der Waals surface area contributed by atoms with Gasteiger partial charge in [-0.05, 0) is 23.5 Å². The molecule has 0 radical (unpaired) electrons. The van der Waals surface area contributed by atoms with E-state index in [0.717, 1.165) is 17.5 Å². The molecule has 1 aliphatic rings. The van der Waals surface area contributed by atoms with Gasteiger partial charge < -0.3 is 14.5 Å². The number of benzene rings is 2. The maximum absolute atomic E-state index is 13.5. The summed E-state index contributed by atoms with van der Waals surface area (Å²) >= 11 is 0. The third-order valence-electron chi connectivity index (χ3n) is 5.12. The highest BCUT2D eigenvalue weighted by Crippen LogP contribution is 2.27. The fraction of sp³-hybridized carbons (Fsp3) is 0.417. The molecule has 1 aliphatic heterocycles. The summed E-state index contributed by atoms with van der Waals surface area (Å²) in [7, 11) is 0. The van der Waals surface area contributed by atoms with Gasteiger partial charge in [-0.15, -0.1) is 0 Å². The van der Waals surface area contributed by atoms with Crippen LogP contribution >= 0.6 is 0 Å². The lowest BCUT2D eigenvalue weighted by Crippen LogP contribution is -2.40. The highest BCUT2D eigenvalue weighted by molar-refractivity contribution is 5.87. The SMILES string of the molecule is CC(C)COC(=O)N1CCCN(C(=O)C(c2ccccc2)c2ccccc2)CC1. The van der Waals surface area contributed by atoms with E-state index in [0.29, 0.717) is 38.7 Å². The van der Waals surface area contributed by atoms with Crippen molar-refractivity contribution in [1.82, 2.24) is 9.80 Å². The number of carbonyl (C=O) groups excluding carboxylic acids is 2. The lowest BCUT2D eigenvalue weighted by Gasteiger charge is -2.27. The van der Waals surface area contributed by atoms with Crippen LogP contribution in [0.1, 0.15) is 37.3 Å². The van der Waals surface area contributed by atoms with E-state index >= 15 is 0 Å². The molecule has 1 saturated heterocycles. The number of hydrogen-bond acceptors (Lipinski definition) is 3. The third kappa shape index (κ3) is 5.59. The minimum atomic E-state index is -0.336. The Morgan fingerprint density at radius 2 is 1.34 bits per heavy atom. The quantitative estimate of drug-likeness (QED) is 0.766. The van der Waals surface area contributed by atoms with Gasteiger partial charge in [-0.2, -0.15) is 0 Å². The van der Waals surface area contributed by atoms with E-state index in [1.807, 2.05) is 79.4 Å². The van der Waals surface area contributed by atoms with E-state index in [-0.39, 0.29) is 17.9 Å². The van der Waals surface area contributed by atoms with Crippen molar-refractivity contribution < 1.29 is 14.3 Å². The Morgan fingerprint density at radius 3 is 1.90 bits per heavy atom. The molecule has 29 heavy (non-hydrogen) atoms. The zero-order valence-electron chi connectivity index (χ0n) is 17.3. The number of nitrogens with zero attached hydrogens (tertiary/aromatic N) is 2. The standard InChI is InChI=1S/C24H30N2O3/c1-19(2)18-29-24(28)26-15-9-14-25(16-17-26)23(27)22(20-10-5-3-6-11-20)21-12-7-4-8-13-21/h3-8,10-13,19,22H,9,14-18H2,1-2H3. The molecule has 0 aromatic heterocycles. The summed E-state index contributed by atoms with van der Waals surface area (Å²) in [4.78, 5) is 29.5. The molecule has 2 aromatic carbocycles. The topological polar surface area (TPSA) is 49.9 Å². The Kier molecular flexibility index (Phi) is 7.28. The van der Waals surface area contributed by atoms with Crippen molar-refractivity contribution in [3.63, 3.8) is 0 Å². The molecule has 0 atom stereocenters. The largest absolute Gasteiger partial charge is 0.449 e. The first kappa shape index (κ1) is 20.9. The highest BCUT2D eigenvalue weighted by atomic mass is 16.6.